The molecular formula is C65H46Cl2N8O3. The molecule has 0 aliphatic carbocycles. The molecule has 0 fully saturated rings. The molecular weight excluding hydrogens is 1010 g/mol. The Hall–Kier alpha value is -9.68. The number of benzene rings is 9. The number of nitrogens with zero attached hydrogens (tertiary/aromatic N) is 8. The molecule has 0 bridgehead atoms. The molecule has 378 valence electrons. The predicted molar refractivity (Wildman–Crippen MR) is 312 cm³/mol. The highest BCUT2D eigenvalue weighted by Gasteiger charge is 2.16. The second-order valence-corrected chi connectivity index (χ2v) is 19.0. The zero-order chi connectivity index (χ0) is 53.5. The molecule has 1 N–H and O–H groups in total. The van der Waals surface area contributed by atoms with Gasteiger partial charge in [-0.3, -0.25) is 0 Å². The van der Waals surface area contributed by atoms with E-state index in [2.05, 4.69) is 19.9 Å². The number of halogens is 2. The van der Waals surface area contributed by atoms with Crippen LogP contribution in [0.15, 0.2) is 218 Å². The summed E-state index contributed by atoms with van der Waals surface area (Å²) in [6, 6.07) is 69.7. The van der Waals surface area contributed by atoms with Crippen LogP contribution in [0, 0.1) is 20.8 Å². The summed E-state index contributed by atoms with van der Waals surface area (Å²) >= 11 is 12.7. The number of phenolic OH excluding ortho intramolecular Hbond substituents is 1. The first-order valence-corrected chi connectivity index (χ1v) is 25.7. The maximum atomic E-state index is 8.76. The Morgan fingerprint density at radius 3 is 0.885 bits per heavy atom. The van der Waals surface area contributed by atoms with E-state index in [4.69, 9.17) is 57.7 Å². The summed E-state index contributed by atoms with van der Waals surface area (Å²) in [4.78, 5) is 37.4. The Morgan fingerprint density at radius 1 is 0.295 bits per heavy atom. The zero-order valence-electron chi connectivity index (χ0n) is 42.4. The van der Waals surface area contributed by atoms with Gasteiger partial charge in [-0.15, -0.1) is 0 Å². The lowest BCUT2D eigenvalue weighted by Gasteiger charge is -2.12. The summed E-state index contributed by atoms with van der Waals surface area (Å²) < 4.78 is 12.5. The van der Waals surface area contributed by atoms with Crippen LogP contribution >= 0.6 is 23.2 Å². The molecule has 9 aromatic carbocycles. The van der Waals surface area contributed by atoms with Gasteiger partial charge in [-0.05, 0) is 106 Å². The third kappa shape index (κ3) is 11.6. The van der Waals surface area contributed by atoms with Gasteiger partial charge < -0.3 is 14.6 Å². The van der Waals surface area contributed by atoms with Gasteiger partial charge in [0.1, 0.15) is 27.6 Å². The van der Waals surface area contributed by atoms with E-state index in [0.717, 1.165) is 77.4 Å². The van der Waals surface area contributed by atoms with E-state index in [1.807, 2.05) is 227 Å². The first kappa shape index (κ1) is 50.5. The molecule has 13 heteroatoms. The van der Waals surface area contributed by atoms with Crippen molar-refractivity contribution in [3.63, 3.8) is 0 Å². The van der Waals surface area contributed by atoms with E-state index >= 15 is 0 Å². The third-order valence-corrected chi connectivity index (χ3v) is 13.1. The average molecular weight is 1060 g/mol. The van der Waals surface area contributed by atoms with E-state index in [9.17, 15) is 0 Å². The fourth-order valence-electron chi connectivity index (χ4n) is 8.36. The second kappa shape index (κ2) is 22.7. The van der Waals surface area contributed by atoms with Gasteiger partial charge in [-0.25, -0.2) is 29.9 Å². The number of aryl methyl sites for hydroxylation is 3. The summed E-state index contributed by atoms with van der Waals surface area (Å²) in [6.45, 7) is 6.08. The van der Waals surface area contributed by atoms with Crippen LogP contribution in [-0.4, -0.2) is 45.0 Å². The molecule has 11 nitrogen and oxygen atoms in total. The molecule has 0 saturated carbocycles. The summed E-state index contributed by atoms with van der Waals surface area (Å²) in [7, 11) is 0. The molecule has 0 aliphatic rings. The summed E-state index contributed by atoms with van der Waals surface area (Å²) in [5.41, 5.74) is 10.2. The molecule has 13 rings (SSSR count). The van der Waals surface area contributed by atoms with E-state index in [-0.39, 0.29) is 0 Å². The lowest BCUT2D eigenvalue weighted by Crippen LogP contribution is -1.97. The monoisotopic (exact) mass is 1060 g/mol. The maximum absolute atomic E-state index is 8.76. The van der Waals surface area contributed by atoms with Crippen LogP contribution in [0.1, 0.15) is 16.7 Å². The molecule has 0 amide bonds. The molecule has 78 heavy (non-hydrogen) atoms. The van der Waals surface area contributed by atoms with Gasteiger partial charge in [-0.1, -0.05) is 173 Å². The van der Waals surface area contributed by atoms with Gasteiger partial charge in [0, 0.05) is 33.0 Å². The standard InChI is InChI=1S/C36H26N4O2.C22H12Cl2N4.C7H8O/c1-23-11-19-27(20-12-23)41-35-29-7-3-5-9-31(29)37-33(39-35)25-15-17-26(18-16-25)34-38-32-10-6-4-8-30(32)36(40-34)42-28-21-13-24(2)14-22-28;23-19-15-5-1-3-7-17(15)25-21(27-19)13-9-11-14(12-10-13)22-26-18-8-4-2-6-16(18)20(24)28-22;1-6-2-4-7(8)5-3-6/h3-22H,1-2H3;1-12H;2-5,8H,1H3. The van der Waals surface area contributed by atoms with Gasteiger partial charge in [0.05, 0.1) is 32.8 Å². The lowest BCUT2D eigenvalue weighted by molar-refractivity contribution is 0.468. The highest BCUT2D eigenvalue weighted by molar-refractivity contribution is 6.34. The van der Waals surface area contributed by atoms with Crippen molar-refractivity contribution >= 4 is 66.8 Å². The number of fused-ring (bicyclic) bond motifs is 4. The third-order valence-electron chi connectivity index (χ3n) is 12.6. The van der Waals surface area contributed by atoms with Crippen LogP contribution in [0.3, 0.4) is 0 Å². The van der Waals surface area contributed by atoms with Crippen molar-refractivity contribution in [2.75, 3.05) is 0 Å². The van der Waals surface area contributed by atoms with Gasteiger partial charge in [0.2, 0.25) is 11.8 Å². The van der Waals surface area contributed by atoms with Crippen LogP contribution < -0.4 is 9.47 Å². The van der Waals surface area contributed by atoms with Gasteiger partial charge in [-0.2, -0.15) is 9.97 Å². The normalized spacial score (nSPS) is 10.9. The second-order valence-electron chi connectivity index (χ2n) is 18.3. The molecule has 4 aromatic heterocycles. The highest BCUT2D eigenvalue weighted by Crippen LogP contribution is 2.34. The van der Waals surface area contributed by atoms with Crippen molar-refractivity contribution in [1.82, 2.24) is 39.9 Å². The molecule has 0 radical (unpaired) electrons. The number of aromatic nitrogens is 8. The minimum absolute atomic E-state index is 0.329. The number of aromatic hydroxyl groups is 1. The van der Waals surface area contributed by atoms with Crippen molar-refractivity contribution in [2.45, 2.75) is 20.8 Å². The van der Waals surface area contributed by atoms with Crippen molar-refractivity contribution in [2.24, 2.45) is 0 Å². The predicted octanol–water partition coefficient (Wildman–Crippen LogP) is 17.0. The number of para-hydroxylation sites is 4. The minimum atomic E-state index is 0.329. The van der Waals surface area contributed by atoms with Crippen LogP contribution in [0.2, 0.25) is 10.3 Å². The van der Waals surface area contributed by atoms with Gasteiger partial charge >= 0.3 is 0 Å². The first-order chi connectivity index (χ1) is 38.1. The number of rotatable bonds is 8. The summed E-state index contributed by atoms with van der Waals surface area (Å²) in [5, 5.41) is 13.0. The van der Waals surface area contributed by atoms with E-state index < -0.39 is 0 Å². The first-order valence-electron chi connectivity index (χ1n) is 24.9. The molecule has 0 aliphatic heterocycles. The zero-order valence-corrected chi connectivity index (χ0v) is 43.9. The van der Waals surface area contributed by atoms with Crippen molar-refractivity contribution < 1.29 is 14.6 Å². The van der Waals surface area contributed by atoms with E-state index in [1.165, 1.54) is 16.7 Å². The van der Waals surface area contributed by atoms with Gasteiger partial charge in [0.25, 0.3) is 0 Å². The number of ether oxygens (including phenoxy) is 2. The Kier molecular flexibility index (Phi) is 14.7. The molecule has 0 spiro atoms. The molecule has 13 aromatic rings. The van der Waals surface area contributed by atoms with Crippen LogP contribution in [0.4, 0.5) is 0 Å². The average Bonchev–Trinajstić information content (AvgIpc) is 3.48. The summed E-state index contributed by atoms with van der Waals surface area (Å²) in [6.07, 6.45) is 0. The van der Waals surface area contributed by atoms with E-state index in [0.29, 0.717) is 51.1 Å². The smallest absolute Gasteiger partial charge is 0.230 e. The fourth-order valence-corrected chi connectivity index (χ4v) is 8.84. The SMILES string of the molecule is Cc1ccc(O)cc1.Cc1ccc(Oc2nc(-c3ccc(-c4nc(Oc5ccc(C)cc5)c5ccccc5n4)cc3)nc3ccccc23)cc1.Clc1nc(-c2ccc(-c3nc(Cl)c4ccccc4n3)cc2)nc2ccccc12. The Morgan fingerprint density at radius 2 is 0.564 bits per heavy atom. The topological polar surface area (TPSA) is 142 Å². The number of phenols is 1. The van der Waals surface area contributed by atoms with Crippen LogP contribution in [0.5, 0.6) is 29.0 Å². The minimum Gasteiger partial charge on any atom is -0.508 e. The Balaban J connectivity index is 0.000000153. The molecule has 4 heterocycles. The highest BCUT2D eigenvalue weighted by atomic mass is 35.5. The van der Waals surface area contributed by atoms with E-state index in [1.54, 1.807) is 12.1 Å². The number of hydrogen-bond acceptors (Lipinski definition) is 11. The molecule has 0 unspecified atom stereocenters. The largest absolute Gasteiger partial charge is 0.508 e. The van der Waals surface area contributed by atoms with Crippen LogP contribution in [0.25, 0.3) is 89.2 Å². The molecule has 0 atom stereocenters. The number of hydrogen-bond donors (Lipinski definition) is 1. The molecule has 0 saturated heterocycles. The summed E-state index contributed by atoms with van der Waals surface area (Å²) in [5.74, 6) is 5.11. The van der Waals surface area contributed by atoms with Crippen molar-refractivity contribution in [3.05, 3.63) is 245 Å². The Bertz CT molecular complexity index is 3990. The fraction of sp³-hybridized carbons (Fsp3) is 0.0462. The van der Waals surface area contributed by atoms with Crippen molar-refractivity contribution in [1.29, 1.82) is 0 Å². The quantitative estimate of drug-likeness (QED) is 0.145. The van der Waals surface area contributed by atoms with Crippen LogP contribution in [-0.2, 0) is 0 Å². The van der Waals surface area contributed by atoms with Gasteiger partial charge in [0.15, 0.2) is 23.3 Å². The Labute approximate surface area is 459 Å². The lowest BCUT2D eigenvalue weighted by atomic mass is 10.1. The maximum Gasteiger partial charge on any atom is 0.230 e. The van der Waals surface area contributed by atoms with Crippen molar-refractivity contribution in [3.8, 4) is 74.6 Å².